The van der Waals surface area contributed by atoms with Crippen molar-refractivity contribution in [3.05, 3.63) is 33.9 Å². The number of ketones is 1. The van der Waals surface area contributed by atoms with Gasteiger partial charge in [-0.2, -0.15) is 0 Å². The number of carbonyl (C=O) groups is 1. The summed E-state index contributed by atoms with van der Waals surface area (Å²) >= 11 is 0. The number of Topliss-reactive ketones (excluding diaryl/α,β-unsaturated/α-hetero) is 1. The van der Waals surface area contributed by atoms with E-state index in [0.29, 0.717) is 12.2 Å². The van der Waals surface area contributed by atoms with Gasteiger partial charge in [0.1, 0.15) is 5.78 Å². The lowest BCUT2D eigenvalue weighted by molar-refractivity contribution is -0.122. The van der Waals surface area contributed by atoms with Gasteiger partial charge >= 0.3 is 0 Å². The molecule has 0 amide bonds. The highest BCUT2D eigenvalue weighted by atomic mass is 16.1. The molecule has 2 nitrogen and oxygen atoms in total. The average molecular weight is 400 g/mol. The minimum atomic E-state index is 0.0278. The summed E-state index contributed by atoms with van der Waals surface area (Å²) in [6.45, 7) is 20.8. The molecule has 0 aliphatic rings. The Bertz CT molecular complexity index is 700. The number of benzene rings is 1. The second kappa shape index (κ2) is 11.7. The Hall–Kier alpha value is -1.44. The molecular formula is C27H45NO. The largest absolute Gasteiger partial charge is 0.299 e. The second-order valence-electron chi connectivity index (χ2n) is 9.78. The van der Waals surface area contributed by atoms with E-state index in [9.17, 15) is 4.79 Å². The van der Waals surface area contributed by atoms with Crippen LogP contribution < -0.4 is 0 Å². The Kier molecular flexibility index (Phi) is 10.3. The molecule has 0 N–H and O–H groups in total. The van der Waals surface area contributed by atoms with Gasteiger partial charge in [-0.15, -0.1) is 0 Å². The predicted molar refractivity (Wildman–Crippen MR) is 129 cm³/mol. The van der Waals surface area contributed by atoms with Crippen molar-refractivity contribution >= 4 is 11.5 Å². The van der Waals surface area contributed by atoms with Crippen molar-refractivity contribution in [3.8, 4) is 0 Å². The van der Waals surface area contributed by atoms with Crippen LogP contribution in [0.15, 0.2) is 11.1 Å². The summed E-state index contributed by atoms with van der Waals surface area (Å²) in [7, 11) is 0. The standard InChI is InChI=1S/C27H45NO/c1-10-13-22(14-11-2)26(29)18-24-21(6)23(17-20(5)28-15-12-3)19(4)16-25(24)27(7,8)9/h16,22H,10-15,17-18H2,1-9H3. The van der Waals surface area contributed by atoms with Gasteiger partial charge in [0.15, 0.2) is 0 Å². The SMILES string of the molecule is CCCN=C(C)Cc1c(C)cc(C(C)(C)C)c(CC(=O)C(CCC)CCC)c1C. The third kappa shape index (κ3) is 7.39. The van der Waals surface area contributed by atoms with Crippen LogP contribution in [0.2, 0.25) is 0 Å². The first-order chi connectivity index (χ1) is 13.6. The Morgan fingerprint density at radius 1 is 0.966 bits per heavy atom. The number of carbonyl (C=O) groups excluding carboxylic acids is 1. The molecule has 0 saturated heterocycles. The lowest BCUT2D eigenvalue weighted by Crippen LogP contribution is -2.23. The molecule has 1 aromatic rings. The molecule has 0 atom stereocenters. The molecule has 29 heavy (non-hydrogen) atoms. The quantitative estimate of drug-likeness (QED) is 0.358. The molecule has 0 fully saturated rings. The highest BCUT2D eigenvalue weighted by Crippen LogP contribution is 2.33. The zero-order valence-electron chi connectivity index (χ0n) is 20.7. The number of hydrogen-bond donors (Lipinski definition) is 0. The van der Waals surface area contributed by atoms with Crippen LogP contribution >= 0.6 is 0 Å². The van der Waals surface area contributed by atoms with E-state index in [1.54, 1.807) is 0 Å². The van der Waals surface area contributed by atoms with Gasteiger partial charge in [-0.05, 0) is 73.3 Å². The molecule has 0 aliphatic carbocycles. The molecule has 0 spiro atoms. The van der Waals surface area contributed by atoms with E-state index < -0.39 is 0 Å². The van der Waals surface area contributed by atoms with Crippen molar-refractivity contribution in [1.82, 2.24) is 0 Å². The number of aliphatic imine (C=N–C) groups is 1. The van der Waals surface area contributed by atoms with Gasteiger partial charge in [-0.25, -0.2) is 0 Å². The molecule has 0 heterocycles. The minimum absolute atomic E-state index is 0.0278. The topological polar surface area (TPSA) is 29.4 Å². The predicted octanol–water partition coefficient (Wildman–Crippen LogP) is 7.34. The normalized spacial score (nSPS) is 12.7. The van der Waals surface area contributed by atoms with Crippen LogP contribution in [-0.2, 0) is 23.1 Å². The molecule has 2 heteroatoms. The van der Waals surface area contributed by atoms with E-state index in [1.807, 2.05) is 0 Å². The van der Waals surface area contributed by atoms with Crippen LogP contribution in [0.25, 0.3) is 0 Å². The Labute approximate surface area is 180 Å². The van der Waals surface area contributed by atoms with Crippen molar-refractivity contribution in [2.75, 3.05) is 6.54 Å². The molecule has 0 bridgehead atoms. The van der Waals surface area contributed by atoms with E-state index in [-0.39, 0.29) is 11.3 Å². The fourth-order valence-electron chi connectivity index (χ4n) is 4.34. The fraction of sp³-hybridized carbons (Fsp3) is 0.704. The minimum Gasteiger partial charge on any atom is -0.299 e. The number of nitrogens with zero attached hydrogens (tertiary/aromatic N) is 1. The molecule has 0 unspecified atom stereocenters. The molecule has 1 aromatic carbocycles. The van der Waals surface area contributed by atoms with Crippen molar-refractivity contribution < 1.29 is 4.79 Å². The van der Waals surface area contributed by atoms with Crippen molar-refractivity contribution in [2.24, 2.45) is 10.9 Å². The first kappa shape index (κ1) is 25.6. The van der Waals surface area contributed by atoms with Gasteiger partial charge in [-0.1, -0.05) is 60.5 Å². The highest BCUT2D eigenvalue weighted by Gasteiger charge is 2.26. The maximum Gasteiger partial charge on any atom is 0.140 e. The van der Waals surface area contributed by atoms with Crippen LogP contribution in [0.3, 0.4) is 0 Å². The maximum atomic E-state index is 13.3. The average Bonchev–Trinajstić information content (AvgIpc) is 2.64. The maximum absolute atomic E-state index is 13.3. The zero-order valence-corrected chi connectivity index (χ0v) is 20.7. The van der Waals surface area contributed by atoms with Crippen LogP contribution in [0.1, 0.15) is 108 Å². The molecule has 1 rings (SSSR count). The van der Waals surface area contributed by atoms with Gasteiger partial charge in [0.25, 0.3) is 0 Å². The number of rotatable bonds is 11. The Balaban J connectivity index is 3.41. The van der Waals surface area contributed by atoms with Crippen LogP contribution in [0.4, 0.5) is 0 Å². The van der Waals surface area contributed by atoms with E-state index >= 15 is 0 Å². The molecule has 0 saturated carbocycles. The fourth-order valence-corrected chi connectivity index (χ4v) is 4.34. The summed E-state index contributed by atoms with van der Waals surface area (Å²) in [5.41, 5.74) is 7.81. The van der Waals surface area contributed by atoms with Crippen LogP contribution in [0, 0.1) is 19.8 Å². The number of hydrogen-bond acceptors (Lipinski definition) is 2. The van der Waals surface area contributed by atoms with Gasteiger partial charge < -0.3 is 0 Å². The molecule has 164 valence electrons. The van der Waals surface area contributed by atoms with Crippen molar-refractivity contribution in [2.45, 2.75) is 113 Å². The smallest absolute Gasteiger partial charge is 0.140 e. The zero-order chi connectivity index (χ0) is 22.2. The summed E-state index contributed by atoms with van der Waals surface area (Å²) in [4.78, 5) is 18.0. The third-order valence-electron chi connectivity index (χ3n) is 5.99. The van der Waals surface area contributed by atoms with Crippen LogP contribution in [-0.4, -0.2) is 18.0 Å². The lowest BCUT2D eigenvalue weighted by atomic mass is 9.76. The Morgan fingerprint density at radius 3 is 2.03 bits per heavy atom. The lowest BCUT2D eigenvalue weighted by Gasteiger charge is -2.28. The van der Waals surface area contributed by atoms with Gasteiger partial charge in [0.2, 0.25) is 0 Å². The van der Waals surface area contributed by atoms with E-state index in [1.165, 1.54) is 33.5 Å². The molecule has 0 radical (unpaired) electrons. The van der Waals surface area contributed by atoms with E-state index in [4.69, 9.17) is 4.99 Å². The van der Waals surface area contributed by atoms with Gasteiger partial charge in [0, 0.05) is 31.0 Å². The molecule has 0 aliphatic heterocycles. The summed E-state index contributed by atoms with van der Waals surface area (Å²) in [5.74, 6) is 0.628. The molecule has 0 aromatic heterocycles. The second-order valence-corrected chi connectivity index (χ2v) is 9.78. The highest BCUT2D eigenvalue weighted by molar-refractivity contribution is 5.86. The van der Waals surface area contributed by atoms with Gasteiger partial charge in [-0.3, -0.25) is 9.79 Å². The summed E-state index contributed by atoms with van der Waals surface area (Å²) in [5, 5.41) is 0. The number of aryl methyl sites for hydroxylation is 1. The first-order valence-corrected chi connectivity index (χ1v) is 11.7. The Morgan fingerprint density at radius 2 is 1.55 bits per heavy atom. The first-order valence-electron chi connectivity index (χ1n) is 11.7. The summed E-state index contributed by atoms with van der Waals surface area (Å²) < 4.78 is 0. The van der Waals surface area contributed by atoms with Crippen molar-refractivity contribution in [3.63, 3.8) is 0 Å². The van der Waals surface area contributed by atoms with E-state index in [2.05, 4.69) is 68.4 Å². The monoisotopic (exact) mass is 399 g/mol. The van der Waals surface area contributed by atoms with Crippen molar-refractivity contribution in [1.29, 1.82) is 0 Å². The van der Waals surface area contributed by atoms with E-state index in [0.717, 1.165) is 45.1 Å². The summed E-state index contributed by atoms with van der Waals surface area (Å²) in [6.07, 6.45) is 6.71. The third-order valence-corrected chi connectivity index (χ3v) is 5.99. The van der Waals surface area contributed by atoms with Gasteiger partial charge in [0.05, 0.1) is 0 Å². The molecular weight excluding hydrogens is 354 g/mol. The van der Waals surface area contributed by atoms with Crippen LogP contribution in [0.5, 0.6) is 0 Å². The summed E-state index contributed by atoms with van der Waals surface area (Å²) in [6, 6.07) is 2.34.